The van der Waals surface area contributed by atoms with E-state index in [4.69, 9.17) is 0 Å². The van der Waals surface area contributed by atoms with Gasteiger partial charge < -0.3 is 10.1 Å². The summed E-state index contributed by atoms with van der Waals surface area (Å²) in [6, 6.07) is 1.66. The highest BCUT2D eigenvalue weighted by Crippen LogP contribution is 2.07. The maximum atomic E-state index is 11.2. The third-order valence-electron chi connectivity index (χ3n) is 1.70. The molecule has 82 valence electrons. The fourth-order valence-electron chi connectivity index (χ4n) is 1.09. The average Bonchev–Trinajstić information content (AvgIpc) is 2.45. The molecule has 0 atom stereocenters. The Morgan fingerprint density at radius 2 is 2.27 bits per heavy atom. The van der Waals surface area contributed by atoms with Crippen LogP contribution in [0.4, 0.5) is 5.82 Å². The van der Waals surface area contributed by atoms with Crippen LogP contribution in [0.1, 0.15) is 12.6 Å². The normalized spacial score (nSPS) is 9.80. The number of hydrogen-bond acceptors (Lipinski definition) is 4. The van der Waals surface area contributed by atoms with Crippen molar-refractivity contribution in [1.29, 1.82) is 0 Å². The lowest BCUT2D eigenvalue weighted by molar-refractivity contribution is -0.152. The van der Waals surface area contributed by atoms with Crippen LogP contribution in [0, 0.1) is 6.92 Å². The molecule has 0 unspecified atom stereocenters. The molecule has 0 aromatic carbocycles. The Labute approximate surface area is 87.2 Å². The van der Waals surface area contributed by atoms with E-state index in [0.29, 0.717) is 5.82 Å². The molecule has 1 aromatic rings. The summed E-state index contributed by atoms with van der Waals surface area (Å²) in [4.78, 5) is 22.2. The number of amides is 1. The minimum Gasteiger partial charge on any atom is -0.459 e. The standard InChI is InChI=1S/C9H13N3O3/c1-4-15-9(14)8(13)10-7-5-6(2)11-12(7)3/h5H,4H2,1-3H3,(H,10,13). The zero-order chi connectivity index (χ0) is 11.4. The number of hydrogen-bond donors (Lipinski definition) is 1. The highest BCUT2D eigenvalue weighted by Gasteiger charge is 2.16. The molecule has 0 aliphatic heterocycles. The fourth-order valence-corrected chi connectivity index (χ4v) is 1.09. The fraction of sp³-hybridized carbons (Fsp3) is 0.444. The van der Waals surface area contributed by atoms with Crippen molar-refractivity contribution in [2.75, 3.05) is 11.9 Å². The van der Waals surface area contributed by atoms with Crippen LogP contribution in [0.15, 0.2) is 6.07 Å². The number of anilines is 1. The molecule has 6 heteroatoms. The molecule has 1 heterocycles. The lowest BCUT2D eigenvalue weighted by Crippen LogP contribution is -2.26. The van der Waals surface area contributed by atoms with Crippen LogP contribution >= 0.6 is 0 Å². The van der Waals surface area contributed by atoms with Crippen LogP contribution in [0.25, 0.3) is 0 Å². The number of aromatic nitrogens is 2. The molecule has 15 heavy (non-hydrogen) atoms. The highest BCUT2D eigenvalue weighted by atomic mass is 16.5. The first kappa shape index (κ1) is 11.2. The van der Waals surface area contributed by atoms with E-state index in [9.17, 15) is 9.59 Å². The van der Waals surface area contributed by atoms with Crippen LogP contribution in [0.3, 0.4) is 0 Å². The molecule has 0 radical (unpaired) electrons. The SMILES string of the molecule is CCOC(=O)C(=O)Nc1cc(C)nn1C. The Morgan fingerprint density at radius 1 is 1.60 bits per heavy atom. The molecule has 0 bridgehead atoms. The van der Waals surface area contributed by atoms with E-state index in [-0.39, 0.29) is 6.61 Å². The Bertz CT molecular complexity index is 384. The van der Waals surface area contributed by atoms with Gasteiger partial charge in [0.2, 0.25) is 0 Å². The van der Waals surface area contributed by atoms with Gasteiger partial charge in [-0.05, 0) is 13.8 Å². The zero-order valence-electron chi connectivity index (χ0n) is 8.90. The van der Waals surface area contributed by atoms with Gasteiger partial charge in [-0.2, -0.15) is 5.10 Å². The first-order valence-electron chi connectivity index (χ1n) is 4.53. The number of nitrogens with one attached hydrogen (secondary N) is 1. The van der Waals surface area contributed by atoms with E-state index in [1.807, 2.05) is 0 Å². The summed E-state index contributed by atoms with van der Waals surface area (Å²) in [6.07, 6.45) is 0. The van der Waals surface area contributed by atoms with Gasteiger partial charge in [0.05, 0.1) is 12.3 Å². The Balaban J connectivity index is 2.66. The monoisotopic (exact) mass is 211 g/mol. The van der Waals surface area contributed by atoms with E-state index in [2.05, 4.69) is 15.2 Å². The molecular formula is C9H13N3O3. The van der Waals surface area contributed by atoms with Gasteiger partial charge in [0.1, 0.15) is 5.82 Å². The number of ether oxygens (including phenoxy) is 1. The van der Waals surface area contributed by atoms with Gasteiger partial charge in [0.25, 0.3) is 0 Å². The van der Waals surface area contributed by atoms with E-state index < -0.39 is 11.9 Å². The third-order valence-corrected chi connectivity index (χ3v) is 1.70. The van der Waals surface area contributed by atoms with Gasteiger partial charge in [-0.1, -0.05) is 0 Å². The van der Waals surface area contributed by atoms with E-state index in [1.165, 1.54) is 4.68 Å². The average molecular weight is 211 g/mol. The van der Waals surface area contributed by atoms with E-state index in [1.54, 1.807) is 27.0 Å². The number of nitrogens with zero attached hydrogens (tertiary/aromatic N) is 2. The van der Waals surface area contributed by atoms with Gasteiger partial charge in [0, 0.05) is 13.1 Å². The molecule has 0 saturated carbocycles. The second kappa shape index (κ2) is 4.59. The highest BCUT2D eigenvalue weighted by molar-refractivity contribution is 6.37. The lowest BCUT2D eigenvalue weighted by atomic mass is 10.4. The van der Waals surface area contributed by atoms with Crippen molar-refractivity contribution in [2.45, 2.75) is 13.8 Å². The predicted octanol–water partition coefficient (Wildman–Crippen LogP) is 0.230. The smallest absolute Gasteiger partial charge is 0.397 e. The summed E-state index contributed by atoms with van der Waals surface area (Å²) < 4.78 is 6.02. The van der Waals surface area contributed by atoms with E-state index >= 15 is 0 Å². The summed E-state index contributed by atoms with van der Waals surface area (Å²) in [5, 5.41) is 6.42. The molecule has 0 aliphatic rings. The number of carbonyl (C=O) groups excluding carboxylic acids is 2. The summed E-state index contributed by atoms with van der Waals surface area (Å²) >= 11 is 0. The van der Waals surface area contributed by atoms with Crippen molar-refractivity contribution in [3.8, 4) is 0 Å². The van der Waals surface area contributed by atoms with Gasteiger partial charge in [-0.3, -0.25) is 9.48 Å². The van der Waals surface area contributed by atoms with Crippen molar-refractivity contribution in [3.05, 3.63) is 11.8 Å². The molecule has 1 aromatic heterocycles. The van der Waals surface area contributed by atoms with Crippen molar-refractivity contribution < 1.29 is 14.3 Å². The summed E-state index contributed by atoms with van der Waals surface area (Å²) in [5.74, 6) is -1.22. The quantitative estimate of drug-likeness (QED) is 0.561. The summed E-state index contributed by atoms with van der Waals surface area (Å²) in [7, 11) is 1.67. The number of esters is 1. The minimum atomic E-state index is -0.892. The summed E-state index contributed by atoms with van der Waals surface area (Å²) in [6.45, 7) is 3.61. The van der Waals surface area contributed by atoms with Gasteiger partial charge in [-0.25, -0.2) is 4.79 Å². The molecule has 0 saturated heterocycles. The first-order valence-corrected chi connectivity index (χ1v) is 4.53. The van der Waals surface area contributed by atoms with Crippen LogP contribution in [0.5, 0.6) is 0 Å². The molecule has 0 aliphatic carbocycles. The van der Waals surface area contributed by atoms with Crippen LogP contribution in [0.2, 0.25) is 0 Å². The Hall–Kier alpha value is -1.85. The largest absolute Gasteiger partial charge is 0.459 e. The Kier molecular flexibility index (Phi) is 3.43. The van der Waals surface area contributed by atoms with E-state index in [0.717, 1.165) is 5.69 Å². The second-order valence-electron chi connectivity index (χ2n) is 2.97. The van der Waals surface area contributed by atoms with Crippen molar-refractivity contribution in [2.24, 2.45) is 7.05 Å². The molecular weight excluding hydrogens is 198 g/mol. The molecule has 1 N–H and O–H groups in total. The maximum absolute atomic E-state index is 11.2. The zero-order valence-corrected chi connectivity index (χ0v) is 8.90. The first-order chi connectivity index (χ1) is 7.04. The molecule has 1 rings (SSSR count). The van der Waals surface area contributed by atoms with Crippen molar-refractivity contribution in [1.82, 2.24) is 9.78 Å². The number of rotatable bonds is 2. The van der Waals surface area contributed by atoms with Crippen molar-refractivity contribution >= 4 is 17.7 Å². The lowest BCUT2D eigenvalue weighted by Gasteiger charge is -2.03. The number of carbonyl (C=O) groups is 2. The van der Waals surface area contributed by atoms with Crippen LogP contribution < -0.4 is 5.32 Å². The Morgan fingerprint density at radius 3 is 2.73 bits per heavy atom. The van der Waals surface area contributed by atoms with Gasteiger partial charge in [-0.15, -0.1) is 0 Å². The molecule has 6 nitrogen and oxygen atoms in total. The molecule has 0 fully saturated rings. The third kappa shape index (κ3) is 2.80. The van der Waals surface area contributed by atoms with Crippen molar-refractivity contribution in [3.63, 3.8) is 0 Å². The minimum absolute atomic E-state index is 0.177. The molecule has 1 amide bonds. The van der Waals surface area contributed by atoms with Gasteiger partial charge >= 0.3 is 11.9 Å². The van der Waals surface area contributed by atoms with Crippen LogP contribution in [-0.4, -0.2) is 28.3 Å². The van der Waals surface area contributed by atoms with Crippen LogP contribution in [-0.2, 0) is 21.4 Å². The second-order valence-corrected chi connectivity index (χ2v) is 2.97. The predicted molar refractivity (Wildman–Crippen MR) is 53.2 cm³/mol. The topological polar surface area (TPSA) is 73.2 Å². The van der Waals surface area contributed by atoms with Gasteiger partial charge in [0.15, 0.2) is 0 Å². The summed E-state index contributed by atoms with van der Waals surface area (Å²) in [5.41, 5.74) is 0.761. The number of aryl methyl sites for hydroxylation is 2. The maximum Gasteiger partial charge on any atom is 0.397 e. The molecule has 0 spiro atoms.